The van der Waals surface area contributed by atoms with E-state index in [0.29, 0.717) is 24.7 Å². The molecule has 0 aliphatic heterocycles. The van der Waals surface area contributed by atoms with Gasteiger partial charge in [-0.3, -0.25) is 9.36 Å². The van der Waals surface area contributed by atoms with Gasteiger partial charge in [0, 0.05) is 17.5 Å². The van der Waals surface area contributed by atoms with E-state index in [9.17, 15) is 9.59 Å². The topological polar surface area (TPSA) is 98.5 Å². The standard InChI is InChI=1S/C29H28N6O2/c1-20(2)16-24-19-35(27(36)17-21-8-4-3-5-9-21)29(37)34(24)18-22-12-14-23(15-13-22)25-10-6-7-11-26(25)28-30-32-33-31-28/h3-15,19-20H,16-18H2,1-2H3,(H,30,31,32,33). The van der Waals surface area contributed by atoms with Crippen molar-refractivity contribution in [2.24, 2.45) is 5.92 Å². The van der Waals surface area contributed by atoms with Crippen LogP contribution in [0, 0.1) is 5.92 Å². The van der Waals surface area contributed by atoms with Crippen LogP contribution in [0.1, 0.15) is 35.5 Å². The molecule has 0 amide bonds. The molecule has 0 saturated carbocycles. The third-order valence-electron chi connectivity index (χ3n) is 6.26. The summed E-state index contributed by atoms with van der Waals surface area (Å²) in [5.41, 5.74) is 5.29. The molecule has 186 valence electrons. The molecule has 0 fully saturated rings. The number of hydrogen-bond acceptors (Lipinski definition) is 5. The van der Waals surface area contributed by atoms with E-state index in [0.717, 1.165) is 33.5 Å². The Morgan fingerprint density at radius 2 is 1.59 bits per heavy atom. The minimum atomic E-state index is -0.303. The normalized spacial score (nSPS) is 11.2. The molecule has 0 unspecified atom stereocenters. The van der Waals surface area contributed by atoms with E-state index in [-0.39, 0.29) is 18.0 Å². The fourth-order valence-corrected chi connectivity index (χ4v) is 4.49. The molecular weight excluding hydrogens is 464 g/mol. The number of aromatic amines is 1. The summed E-state index contributed by atoms with van der Waals surface area (Å²) in [6, 6.07) is 25.5. The lowest BCUT2D eigenvalue weighted by atomic mass is 9.98. The first-order valence-electron chi connectivity index (χ1n) is 12.3. The highest BCUT2D eigenvalue weighted by atomic mass is 16.2. The molecule has 5 rings (SSSR count). The van der Waals surface area contributed by atoms with Gasteiger partial charge in [-0.25, -0.2) is 9.36 Å². The van der Waals surface area contributed by atoms with Gasteiger partial charge >= 0.3 is 5.69 Å². The Balaban J connectivity index is 1.42. The number of hydrogen-bond donors (Lipinski definition) is 1. The van der Waals surface area contributed by atoms with E-state index < -0.39 is 0 Å². The number of nitrogens with zero attached hydrogens (tertiary/aromatic N) is 5. The quantitative estimate of drug-likeness (QED) is 0.341. The van der Waals surface area contributed by atoms with Gasteiger partial charge < -0.3 is 0 Å². The summed E-state index contributed by atoms with van der Waals surface area (Å²) in [5, 5.41) is 14.4. The second kappa shape index (κ2) is 10.6. The minimum Gasteiger partial charge on any atom is -0.292 e. The maximum atomic E-state index is 13.4. The molecule has 0 aliphatic rings. The van der Waals surface area contributed by atoms with Crippen LogP contribution in [0.5, 0.6) is 0 Å². The lowest BCUT2D eigenvalue weighted by Gasteiger charge is -2.11. The van der Waals surface area contributed by atoms with Gasteiger partial charge in [0.15, 0.2) is 0 Å². The van der Waals surface area contributed by atoms with Gasteiger partial charge in [0.1, 0.15) is 0 Å². The van der Waals surface area contributed by atoms with E-state index in [4.69, 9.17) is 0 Å². The van der Waals surface area contributed by atoms with Gasteiger partial charge in [-0.05, 0) is 39.8 Å². The van der Waals surface area contributed by atoms with Gasteiger partial charge in [0.25, 0.3) is 0 Å². The fourth-order valence-electron chi connectivity index (χ4n) is 4.49. The Morgan fingerprint density at radius 3 is 2.27 bits per heavy atom. The maximum Gasteiger partial charge on any atom is 0.335 e. The molecule has 0 radical (unpaired) electrons. The maximum absolute atomic E-state index is 13.4. The average Bonchev–Trinajstić information content (AvgIpc) is 3.54. The predicted octanol–water partition coefficient (Wildman–Crippen LogP) is 4.63. The van der Waals surface area contributed by atoms with Crippen LogP contribution >= 0.6 is 0 Å². The van der Waals surface area contributed by atoms with Crippen LogP contribution in [0.3, 0.4) is 0 Å². The molecule has 2 heterocycles. The first kappa shape index (κ1) is 24.1. The van der Waals surface area contributed by atoms with Crippen molar-refractivity contribution < 1.29 is 4.79 Å². The number of tetrazole rings is 1. The highest BCUT2D eigenvalue weighted by Gasteiger charge is 2.18. The van der Waals surface area contributed by atoms with E-state index >= 15 is 0 Å². The highest BCUT2D eigenvalue weighted by Crippen LogP contribution is 2.29. The molecule has 0 spiro atoms. The number of imidazole rings is 1. The van der Waals surface area contributed by atoms with Crippen molar-refractivity contribution in [1.82, 2.24) is 29.8 Å². The van der Waals surface area contributed by atoms with Crippen LogP contribution in [0.4, 0.5) is 0 Å². The summed E-state index contributed by atoms with van der Waals surface area (Å²) < 4.78 is 2.98. The number of H-pyrrole nitrogens is 1. The Morgan fingerprint density at radius 1 is 0.892 bits per heavy atom. The Labute approximate surface area is 214 Å². The number of nitrogens with one attached hydrogen (secondary N) is 1. The van der Waals surface area contributed by atoms with Crippen molar-refractivity contribution in [2.45, 2.75) is 33.2 Å². The summed E-state index contributed by atoms with van der Waals surface area (Å²) in [6.45, 7) is 4.60. The first-order chi connectivity index (χ1) is 18.0. The molecule has 8 nitrogen and oxygen atoms in total. The van der Waals surface area contributed by atoms with Crippen LogP contribution in [-0.2, 0) is 19.4 Å². The smallest absolute Gasteiger partial charge is 0.292 e. The molecule has 1 N–H and O–H groups in total. The zero-order valence-corrected chi connectivity index (χ0v) is 20.8. The van der Waals surface area contributed by atoms with Crippen molar-refractivity contribution in [1.29, 1.82) is 0 Å². The number of carbonyl (C=O) groups excluding carboxylic acids is 1. The Bertz CT molecular complexity index is 1550. The third-order valence-corrected chi connectivity index (χ3v) is 6.26. The molecule has 5 aromatic rings. The van der Waals surface area contributed by atoms with Crippen molar-refractivity contribution in [3.63, 3.8) is 0 Å². The lowest BCUT2D eigenvalue weighted by Crippen LogP contribution is -2.30. The minimum absolute atomic E-state index is 0.181. The van der Waals surface area contributed by atoms with Gasteiger partial charge in [0.05, 0.1) is 13.0 Å². The SMILES string of the molecule is CC(C)Cc1cn(C(=O)Cc2ccccc2)c(=O)n1Cc1ccc(-c2ccccc2-c2nn[nH]n2)cc1. The monoisotopic (exact) mass is 492 g/mol. The summed E-state index contributed by atoms with van der Waals surface area (Å²) in [7, 11) is 0. The number of benzene rings is 3. The molecule has 8 heteroatoms. The zero-order valence-electron chi connectivity index (χ0n) is 20.8. The van der Waals surface area contributed by atoms with Crippen molar-refractivity contribution in [3.8, 4) is 22.5 Å². The Kier molecular flexibility index (Phi) is 6.89. The molecular formula is C29H28N6O2. The Hall–Kier alpha value is -4.59. The van der Waals surface area contributed by atoms with Gasteiger partial charge in [0.2, 0.25) is 11.7 Å². The van der Waals surface area contributed by atoms with Crippen molar-refractivity contribution >= 4 is 5.91 Å². The average molecular weight is 493 g/mol. The first-order valence-corrected chi connectivity index (χ1v) is 12.3. The van der Waals surface area contributed by atoms with E-state index in [1.54, 1.807) is 10.8 Å². The molecule has 0 bridgehead atoms. The summed E-state index contributed by atoms with van der Waals surface area (Å²) in [4.78, 5) is 26.4. The second-order valence-corrected chi connectivity index (χ2v) is 9.49. The van der Waals surface area contributed by atoms with Crippen LogP contribution in [-0.4, -0.2) is 35.7 Å². The van der Waals surface area contributed by atoms with E-state index in [1.165, 1.54) is 4.57 Å². The lowest BCUT2D eigenvalue weighted by molar-refractivity contribution is 0.0909. The van der Waals surface area contributed by atoms with Crippen molar-refractivity contribution in [2.75, 3.05) is 0 Å². The second-order valence-electron chi connectivity index (χ2n) is 9.49. The molecule has 3 aromatic carbocycles. The van der Waals surface area contributed by atoms with E-state index in [2.05, 4.69) is 34.5 Å². The number of aromatic nitrogens is 6. The van der Waals surface area contributed by atoms with Crippen LogP contribution in [0.25, 0.3) is 22.5 Å². The van der Waals surface area contributed by atoms with Crippen LogP contribution < -0.4 is 5.69 Å². The number of rotatable bonds is 8. The molecule has 0 saturated heterocycles. The summed E-state index contributed by atoms with van der Waals surface area (Å²) >= 11 is 0. The summed E-state index contributed by atoms with van der Waals surface area (Å²) in [6.07, 6.45) is 2.60. The summed E-state index contributed by atoms with van der Waals surface area (Å²) in [5.74, 6) is 0.647. The molecule has 2 aromatic heterocycles. The molecule has 0 aliphatic carbocycles. The van der Waals surface area contributed by atoms with Gasteiger partial charge in [-0.2, -0.15) is 5.21 Å². The molecule has 0 atom stereocenters. The molecule has 37 heavy (non-hydrogen) atoms. The van der Waals surface area contributed by atoms with Gasteiger partial charge in [-0.1, -0.05) is 92.7 Å². The number of carbonyl (C=O) groups is 1. The fraction of sp³-hybridized carbons (Fsp3) is 0.207. The predicted molar refractivity (Wildman–Crippen MR) is 142 cm³/mol. The van der Waals surface area contributed by atoms with Crippen molar-refractivity contribution in [3.05, 3.63) is 112 Å². The zero-order chi connectivity index (χ0) is 25.8. The van der Waals surface area contributed by atoms with Gasteiger partial charge in [-0.15, -0.1) is 10.2 Å². The van der Waals surface area contributed by atoms with Crippen LogP contribution in [0.15, 0.2) is 89.9 Å². The largest absolute Gasteiger partial charge is 0.335 e. The highest BCUT2D eigenvalue weighted by molar-refractivity contribution is 5.81. The van der Waals surface area contributed by atoms with E-state index in [1.807, 2.05) is 78.9 Å². The third kappa shape index (κ3) is 5.33. The van der Waals surface area contributed by atoms with Crippen LogP contribution in [0.2, 0.25) is 0 Å².